The Kier molecular flexibility index (Phi) is 9.28. The van der Waals surface area contributed by atoms with Gasteiger partial charge in [0.2, 0.25) is 9.70 Å². The maximum atomic E-state index is 12.0. The lowest BCUT2D eigenvalue weighted by Crippen LogP contribution is -2.56. The molecule has 0 bridgehead atoms. The number of benzene rings is 1. The van der Waals surface area contributed by atoms with E-state index in [1.54, 1.807) is 0 Å². The number of anilines is 1. The second kappa shape index (κ2) is 10.4. The first kappa shape index (κ1) is 22.3. The Bertz CT molecular complexity index is 605. The number of halogens is 3. The third-order valence-corrected chi connectivity index (χ3v) is 4.43. The van der Waals surface area contributed by atoms with Gasteiger partial charge in [-0.1, -0.05) is 66.7 Å². The molecule has 1 amide bonds. The fourth-order valence-corrected chi connectivity index (χ4v) is 2.68. The molecule has 0 fully saturated rings. The molecule has 1 aromatic rings. The molecule has 0 spiro atoms. The maximum Gasteiger partial charge on any atom is 0.228 e. The molecule has 1 atom stereocenters. The lowest BCUT2D eigenvalue weighted by Gasteiger charge is -2.28. The SMILES string of the molecule is CCCCCC(=O)N[C@H](NC(=S)Nc1cc(C)ccc1C)C(Cl)(Cl)Cl. The lowest BCUT2D eigenvalue weighted by molar-refractivity contribution is -0.122. The van der Waals surface area contributed by atoms with Crippen LogP contribution in [0, 0.1) is 13.8 Å². The molecule has 0 aliphatic carbocycles. The number of carbonyl (C=O) groups excluding carboxylic acids is 1. The fraction of sp³-hybridized carbons (Fsp3) is 0.529. The number of amides is 1. The van der Waals surface area contributed by atoms with Gasteiger partial charge in [0.1, 0.15) is 6.17 Å². The molecule has 0 saturated heterocycles. The van der Waals surface area contributed by atoms with Crippen molar-refractivity contribution in [1.82, 2.24) is 10.6 Å². The van der Waals surface area contributed by atoms with Gasteiger partial charge in [0, 0.05) is 12.1 Å². The lowest BCUT2D eigenvalue weighted by atomic mass is 10.1. The van der Waals surface area contributed by atoms with E-state index < -0.39 is 9.96 Å². The monoisotopic (exact) mass is 423 g/mol. The Hall–Kier alpha value is -0.750. The third kappa shape index (κ3) is 8.45. The van der Waals surface area contributed by atoms with Gasteiger partial charge >= 0.3 is 0 Å². The van der Waals surface area contributed by atoms with Gasteiger partial charge in [-0.25, -0.2) is 0 Å². The van der Waals surface area contributed by atoms with Gasteiger partial charge in [-0.05, 0) is 49.7 Å². The molecule has 1 aromatic carbocycles. The van der Waals surface area contributed by atoms with E-state index in [2.05, 4.69) is 22.9 Å². The quantitative estimate of drug-likeness (QED) is 0.250. The Morgan fingerprint density at radius 3 is 2.48 bits per heavy atom. The minimum absolute atomic E-state index is 0.188. The van der Waals surface area contributed by atoms with E-state index >= 15 is 0 Å². The molecule has 0 heterocycles. The first-order valence-electron chi connectivity index (χ1n) is 8.14. The molecule has 3 N–H and O–H groups in total. The predicted molar refractivity (Wildman–Crippen MR) is 112 cm³/mol. The van der Waals surface area contributed by atoms with Crippen LogP contribution in [0.1, 0.15) is 43.7 Å². The molecular formula is C17H24Cl3N3OS. The summed E-state index contributed by atoms with van der Waals surface area (Å²) in [7, 11) is 0. The molecule has 0 radical (unpaired) electrons. The highest BCUT2D eigenvalue weighted by Crippen LogP contribution is 2.29. The number of carbonyl (C=O) groups is 1. The number of alkyl halides is 3. The van der Waals surface area contributed by atoms with Crippen LogP contribution in [-0.4, -0.2) is 21.0 Å². The summed E-state index contributed by atoms with van der Waals surface area (Å²) in [6.07, 6.45) is 2.25. The van der Waals surface area contributed by atoms with Crippen molar-refractivity contribution in [1.29, 1.82) is 0 Å². The largest absolute Gasteiger partial charge is 0.339 e. The molecular weight excluding hydrogens is 401 g/mol. The molecule has 0 unspecified atom stereocenters. The summed E-state index contributed by atoms with van der Waals surface area (Å²) in [5.41, 5.74) is 2.98. The second-order valence-electron chi connectivity index (χ2n) is 5.92. The predicted octanol–water partition coefficient (Wildman–Crippen LogP) is 4.98. The number of unbranched alkanes of at least 4 members (excludes halogenated alkanes) is 2. The topological polar surface area (TPSA) is 53.2 Å². The Labute approximate surface area is 170 Å². The van der Waals surface area contributed by atoms with E-state index in [0.717, 1.165) is 36.1 Å². The second-order valence-corrected chi connectivity index (χ2v) is 8.69. The maximum absolute atomic E-state index is 12.0. The van der Waals surface area contributed by atoms with E-state index in [0.29, 0.717) is 6.42 Å². The van der Waals surface area contributed by atoms with E-state index in [9.17, 15) is 4.79 Å². The van der Waals surface area contributed by atoms with Crippen molar-refractivity contribution in [3.8, 4) is 0 Å². The van der Waals surface area contributed by atoms with Crippen LogP contribution in [0.4, 0.5) is 5.69 Å². The number of hydrogen-bond donors (Lipinski definition) is 3. The molecule has 140 valence electrons. The molecule has 0 aliphatic heterocycles. The van der Waals surface area contributed by atoms with Crippen molar-refractivity contribution in [3.63, 3.8) is 0 Å². The van der Waals surface area contributed by atoms with Gasteiger partial charge in [-0.3, -0.25) is 4.79 Å². The summed E-state index contributed by atoms with van der Waals surface area (Å²) in [5.74, 6) is -0.188. The Balaban J connectivity index is 2.70. The van der Waals surface area contributed by atoms with Crippen LogP contribution in [0.15, 0.2) is 18.2 Å². The zero-order chi connectivity index (χ0) is 19.0. The van der Waals surface area contributed by atoms with Crippen LogP contribution in [0.3, 0.4) is 0 Å². The Morgan fingerprint density at radius 2 is 1.88 bits per heavy atom. The van der Waals surface area contributed by atoms with Crippen LogP contribution in [0.5, 0.6) is 0 Å². The summed E-state index contributed by atoms with van der Waals surface area (Å²) in [4.78, 5) is 12.0. The number of hydrogen-bond acceptors (Lipinski definition) is 2. The average molecular weight is 425 g/mol. The van der Waals surface area contributed by atoms with E-state index in [1.165, 1.54) is 0 Å². The summed E-state index contributed by atoms with van der Waals surface area (Å²) in [6.45, 7) is 6.02. The zero-order valence-corrected chi connectivity index (χ0v) is 17.7. The van der Waals surface area contributed by atoms with Crippen LogP contribution in [0.25, 0.3) is 0 Å². The van der Waals surface area contributed by atoms with Crippen LogP contribution in [0.2, 0.25) is 0 Å². The summed E-state index contributed by atoms with van der Waals surface area (Å²) in [5, 5.41) is 8.89. The molecule has 0 saturated carbocycles. The molecule has 4 nitrogen and oxygen atoms in total. The van der Waals surface area contributed by atoms with Crippen molar-refractivity contribution < 1.29 is 4.79 Å². The van der Waals surface area contributed by atoms with Crippen LogP contribution < -0.4 is 16.0 Å². The van der Waals surface area contributed by atoms with E-state index in [-0.39, 0.29) is 11.0 Å². The average Bonchev–Trinajstić information content (AvgIpc) is 2.49. The van der Waals surface area contributed by atoms with Gasteiger partial charge in [-0.15, -0.1) is 0 Å². The van der Waals surface area contributed by atoms with Gasteiger partial charge in [0.25, 0.3) is 0 Å². The van der Waals surface area contributed by atoms with E-state index in [1.807, 2.05) is 32.0 Å². The summed E-state index contributed by atoms with van der Waals surface area (Å²) in [6, 6.07) is 5.97. The minimum Gasteiger partial charge on any atom is -0.339 e. The third-order valence-electron chi connectivity index (χ3n) is 3.56. The normalized spacial score (nSPS) is 12.4. The van der Waals surface area contributed by atoms with Gasteiger partial charge in [0.05, 0.1) is 0 Å². The summed E-state index contributed by atoms with van der Waals surface area (Å²) >= 11 is 23.2. The first-order chi connectivity index (χ1) is 11.6. The van der Waals surface area contributed by atoms with Crippen molar-refractivity contribution in [2.24, 2.45) is 0 Å². The van der Waals surface area contributed by atoms with Crippen molar-refractivity contribution in [2.45, 2.75) is 56.4 Å². The van der Waals surface area contributed by atoms with Crippen LogP contribution >= 0.6 is 47.0 Å². The Morgan fingerprint density at radius 1 is 1.20 bits per heavy atom. The van der Waals surface area contributed by atoms with Gasteiger partial charge in [-0.2, -0.15) is 0 Å². The van der Waals surface area contributed by atoms with E-state index in [4.69, 9.17) is 47.0 Å². The number of nitrogens with one attached hydrogen (secondary N) is 3. The highest BCUT2D eigenvalue weighted by atomic mass is 35.6. The van der Waals surface area contributed by atoms with Crippen molar-refractivity contribution in [2.75, 3.05) is 5.32 Å². The molecule has 0 aromatic heterocycles. The molecule has 8 heteroatoms. The van der Waals surface area contributed by atoms with Crippen molar-refractivity contribution >= 4 is 63.7 Å². The van der Waals surface area contributed by atoms with Crippen molar-refractivity contribution in [3.05, 3.63) is 29.3 Å². The number of aryl methyl sites for hydroxylation is 2. The van der Waals surface area contributed by atoms with Crippen LogP contribution in [-0.2, 0) is 4.79 Å². The zero-order valence-electron chi connectivity index (χ0n) is 14.6. The highest BCUT2D eigenvalue weighted by molar-refractivity contribution is 7.80. The van der Waals surface area contributed by atoms with Gasteiger partial charge in [0.15, 0.2) is 5.11 Å². The molecule has 0 aliphatic rings. The molecule has 1 rings (SSSR count). The smallest absolute Gasteiger partial charge is 0.228 e. The highest BCUT2D eigenvalue weighted by Gasteiger charge is 2.34. The molecule has 25 heavy (non-hydrogen) atoms. The fourth-order valence-electron chi connectivity index (χ4n) is 2.13. The minimum atomic E-state index is -1.74. The first-order valence-corrected chi connectivity index (χ1v) is 9.68. The van der Waals surface area contributed by atoms with Gasteiger partial charge < -0.3 is 16.0 Å². The number of rotatable bonds is 7. The number of thiocarbonyl (C=S) groups is 1. The summed E-state index contributed by atoms with van der Waals surface area (Å²) < 4.78 is -1.74. The standard InChI is InChI=1S/C17H24Cl3N3OS/c1-4-5-6-7-14(24)22-15(17(18,19)20)23-16(25)21-13-10-11(2)8-9-12(13)3/h8-10,15H,4-7H2,1-3H3,(H,22,24)(H2,21,23,25)/t15-/m1/s1.